The second-order valence-corrected chi connectivity index (χ2v) is 7.49. The van der Waals surface area contributed by atoms with Crippen LogP contribution in [0.15, 0.2) is 23.8 Å². The lowest BCUT2D eigenvalue weighted by molar-refractivity contribution is -0.138. The average Bonchev–Trinajstić information content (AvgIpc) is 3.29. The van der Waals surface area contributed by atoms with Crippen LogP contribution in [0.3, 0.4) is 0 Å². The lowest BCUT2D eigenvalue weighted by Crippen LogP contribution is -2.25. The summed E-state index contributed by atoms with van der Waals surface area (Å²) in [7, 11) is 0. The summed E-state index contributed by atoms with van der Waals surface area (Å²) in [6.45, 7) is 3.94. The highest BCUT2D eigenvalue weighted by Crippen LogP contribution is 2.49. The fourth-order valence-corrected chi connectivity index (χ4v) is 4.25. The number of halogens is 1. The monoisotopic (exact) mass is 359 g/mol. The summed E-state index contributed by atoms with van der Waals surface area (Å²) in [4.78, 5) is 27.5. The van der Waals surface area contributed by atoms with Crippen LogP contribution in [0.5, 0.6) is 0 Å². The Bertz CT molecular complexity index is 760. The minimum Gasteiger partial charge on any atom is -0.462 e. The van der Waals surface area contributed by atoms with Gasteiger partial charge in [0, 0.05) is 24.6 Å². The van der Waals surface area contributed by atoms with E-state index in [0.29, 0.717) is 16.5 Å². The van der Waals surface area contributed by atoms with Crippen LogP contribution in [0, 0.1) is 5.92 Å². The minimum atomic E-state index is -0.513. The Hall–Kier alpha value is -1.81. The molecule has 132 valence electrons. The fourth-order valence-electron chi connectivity index (χ4n) is 3.96. The largest absolute Gasteiger partial charge is 0.462 e. The van der Waals surface area contributed by atoms with Gasteiger partial charge in [-0.1, -0.05) is 17.7 Å². The number of carbonyl (C=O) groups is 2. The van der Waals surface area contributed by atoms with Crippen molar-refractivity contribution < 1.29 is 14.3 Å². The van der Waals surface area contributed by atoms with Crippen molar-refractivity contribution in [1.82, 2.24) is 0 Å². The molecule has 3 aliphatic rings. The fraction of sp³-hybridized carbons (Fsp3) is 0.500. The van der Waals surface area contributed by atoms with Crippen molar-refractivity contribution in [3.8, 4) is 0 Å². The third-order valence-electron chi connectivity index (χ3n) is 5.39. The summed E-state index contributed by atoms with van der Waals surface area (Å²) in [5.41, 5.74) is 2.68. The number of esters is 1. The lowest BCUT2D eigenvalue weighted by Gasteiger charge is -2.27. The van der Waals surface area contributed by atoms with E-state index in [1.165, 1.54) is 0 Å². The summed E-state index contributed by atoms with van der Waals surface area (Å²) in [5, 5.41) is 0.701. The third-order valence-corrected chi connectivity index (χ3v) is 5.69. The van der Waals surface area contributed by atoms with E-state index >= 15 is 0 Å². The predicted octanol–water partition coefficient (Wildman–Crippen LogP) is 4.12. The molecular weight excluding hydrogens is 338 g/mol. The molecular formula is C20H22ClNO3. The molecule has 0 aromatic heterocycles. The Kier molecular flexibility index (Phi) is 4.32. The topological polar surface area (TPSA) is 46.6 Å². The second kappa shape index (κ2) is 6.49. The first kappa shape index (κ1) is 16.6. The Morgan fingerprint density at radius 3 is 2.64 bits per heavy atom. The molecule has 0 spiro atoms. The maximum atomic E-state index is 13.0. The van der Waals surface area contributed by atoms with Crippen molar-refractivity contribution in [2.24, 2.45) is 5.92 Å². The van der Waals surface area contributed by atoms with E-state index in [-0.39, 0.29) is 23.9 Å². The van der Waals surface area contributed by atoms with E-state index in [9.17, 15) is 9.59 Å². The maximum absolute atomic E-state index is 13.0. The minimum absolute atomic E-state index is 0.0808. The van der Waals surface area contributed by atoms with E-state index in [2.05, 4.69) is 4.90 Å². The smallest absolute Gasteiger partial charge is 0.341 e. The van der Waals surface area contributed by atoms with Crippen molar-refractivity contribution in [1.29, 1.82) is 0 Å². The third kappa shape index (κ3) is 2.97. The molecule has 2 aliphatic carbocycles. The van der Waals surface area contributed by atoms with Crippen LogP contribution in [-0.2, 0) is 9.53 Å². The van der Waals surface area contributed by atoms with Gasteiger partial charge in [0.25, 0.3) is 0 Å². The number of fused-ring (bicyclic) bond motifs is 1. The number of carbonyl (C=O) groups excluding carboxylic acids is 2. The molecule has 1 saturated heterocycles. The predicted molar refractivity (Wildman–Crippen MR) is 97.4 cm³/mol. The first-order valence-electron chi connectivity index (χ1n) is 9.12. The van der Waals surface area contributed by atoms with E-state index < -0.39 is 5.97 Å². The summed E-state index contributed by atoms with van der Waals surface area (Å²) in [5.74, 6) is -0.175. The molecule has 1 aromatic rings. The zero-order chi connectivity index (χ0) is 17.6. The molecule has 1 aromatic carbocycles. The van der Waals surface area contributed by atoms with Gasteiger partial charge in [0.1, 0.15) is 5.57 Å². The van der Waals surface area contributed by atoms with Crippen LogP contribution in [0.2, 0.25) is 5.02 Å². The molecule has 2 fully saturated rings. The zero-order valence-electron chi connectivity index (χ0n) is 14.4. The van der Waals surface area contributed by atoms with E-state index in [1.54, 1.807) is 6.92 Å². The van der Waals surface area contributed by atoms with Crippen LogP contribution in [-0.4, -0.2) is 31.4 Å². The van der Waals surface area contributed by atoms with Gasteiger partial charge < -0.3 is 9.64 Å². The summed E-state index contributed by atoms with van der Waals surface area (Å²) in [6, 6.07) is 3.84. The molecule has 1 unspecified atom stereocenters. The quantitative estimate of drug-likeness (QED) is 0.599. The van der Waals surface area contributed by atoms with Gasteiger partial charge in [-0.05, 0) is 56.2 Å². The van der Waals surface area contributed by atoms with E-state index in [4.69, 9.17) is 16.3 Å². The van der Waals surface area contributed by atoms with Crippen molar-refractivity contribution in [3.63, 3.8) is 0 Å². The molecule has 1 aliphatic heterocycles. The van der Waals surface area contributed by atoms with Crippen LogP contribution >= 0.6 is 11.6 Å². The summed E-state index contributed by atoms with van der Waals surface area (Å²) >= 11 is 6.56. The average molecular weight is 360 g/mol. The second-order valence-electron chi connectivity index (χ2n) is 7.08. The van der Waals surface area contributed by atoms with E-state index in [0.717, 1.165) is 50.0 Å². The Morgan fingerprint density at radius 2 is 2.00 bits per heavy atom. The normalized spacial score (nSPS) is 22.6. The van der Waals surface area contributed by atoms with Crippen molar-refractivity contribution in [3.05, 3.63) is 39.9 Å². The van der Waals surface area contributed by atoms with Gasteiger partial charge in [0.15, 0.2) is 5.78 Å². The first-order chi connectivity index (χ1) is 12.1. The number of nitrogens with zero attached hydrogens (tertiary/aromatic N) is 1. The van der Waals surface area contributed by atoms with Gasteiger partial charge >= 0.3 is 5.97 Å². The molecule has 0 radical (unpaired) electrons. The van der Waals surface area contributed by atoms with Crippen LogP contribution in [0.4, 0.5) is 5.69 Å². The standard InChI is InChI=1S/C20H22ClNO3/c1-2-25-20(24)16-9-13(12-5-6-12)14-10-17(21)18(11-15(14)19(16)23)22-7-3-4-8-22/h9-13H,2-8H2,1H3. The molecule has 0 N–H and O–H groups in total. The Morgan fingerprint density at radius 1 is 1.28 bits per heavy atom. The number of hydrogen-bond acceptors (Lipinski definition) is 4. The highest BCUT2D eigenvalue weighted by Gasteiger charge is 2.39. The lowest BCUT2D eigenvalue weighted by atomic mass is 9.80. The molecule has 1 atom stereocenters. The molecule has 0 amide bonds. The number of ketones is 1. The molecule has 0 bridgehead atoms. The molecule has 4 nitrogen and oxygen atoms in total. The van der Waals surface area contributed by atoms with Crippen LogP contribution < -0.4 is 4.90 Å². The summed E-state index contributed by atoms with van der Waals surface area (Å²) < 4.78 is 5.10. The van der Waals surface area contributed by atoms with Crippen molar-refractivity contribution >= 4 is 29.0 Å². The SMILES string of the molecule is CCOC(=O)C1=CC(C2CC2)c2cc(Cl)c(N3CCCC3)cc2C1=O. The van der Waals surface area contributed by atoms with E-state index in [1.807, 2.05) is 18.2 Å². The van der Waals surface area contributed by atoms with Gasteiger partial charge in [-0.3, -0.25) is 4.79 Å². The molecule has 5 heteroatoms. The highest BCUT2D eigenvalue weighted by atomic mass is 35.5. The Labute approximate surface area is 152 Å². The van der Waals surface area contributed by atoms with Gasteiger partial charge in [-0.25, -0.2) is 4.79 Å². The van der Waals surface area contributed by atoms with Gasteiger partial charge in [-0.15, -0.1) is 0 Å². The number of benzene rings is 1. The number of rotatable bonds is 4. The van der Waals surface area contributed by atoms with Gasteiger partial charge in [-0.2, -0.15) is 0 Å². The molecule has 4 rings (SSSR count). The molecule has 25 heavy (non-hydrogen) atoms. The Balaban J connectivity index is 1.78. The number of anilines is 1. The maximum Gasteiger partial charge on any atom is 0.341 e. The number of hydrogen-bond donors (Lipinski definition) is 0. The molecule has 1 heterocycles. The highest BCUT2D eigenvalue weighted by molar-refractivity contribution is 6.34. The van der Waals surface area contributed by atoms with Crippen molar-refractivity contribution in [2.45, 2.75) is 38.5 Å². The summed E-state index contributed by atoms with van der Waals surface area (Å²) in [6.07, 6.45) is 6.33. The zero-order valence-corrected chi connectivity index (χ0v) is 15.1. The van der Waals surface area contributed by atoms with Gasteiger partial charge in [0.2, 0.25) is 0 Å². The van der Waals surface area contributed by atoms with Gasteiger partial charge in [0.05, 0.1) is 17.3 Å². The number of Topliss-reactive ketones (excluding diaryl/α,β-unsaturated/α-hetero) is 1. The number of ether oxygens (including phenoxy) is 1. The molecule has 1 saturated carbocycles. The van der Waals surface area contributed by atoms with Crippen LogP contribution in [0.25, 0.3) is 0 Å². The van der Waals surface area contributed by atoms with Crippen LogP contribution in [0.1, 0.15) is 54.4 Å². The number of allylic oxidation sites excluding steroid dienone is 1. The van der Waals surface area contributed by atoms with Crippen molar-refractivity contribution in [2.75, 3.05) is 24.6 Å². The first-order valence-corrected chi connectivity index (χ1v) is 9.50.